The van der Waals surface area contributed by atoms with Gasteiger partial charge in [0.1, 0.15) is 0 Å². The third kappa shape index (κ3) is 7.98. The van der Waals surface area contributed by atoms with Crippen molar-refractivity contribution in [2.45, 2.75) is 53.1 Å². The highest BCUT2D eigenvalue weighted by molar-refractivity contribution is 5.91. The van der Waals surface area contributed by atoms with Gasteiger partial charge in [-0.05, 0) is 43.4 Å². The Morgan fingerprint density at radius 1 is 1.07 bits per heavy atom. The molecule has 0 atom stereocenters. The van der Waals surface area contributed by atoms with E-state index in [0.29, 0.717) is 5.56 Å². The summed E-state index contributed by atoms with van der Waals surface area (Å²) in [6.07, 6.45) is 0.824. The van der Waals surface area contributed by atoms with Crippen LogP contribution >= 0.6 is 0 Å². The van der Waals surface area contributed by atoms with E-state index in [-0.39, 0.29) is 23.5 Å². The molecule has 0 radical (unpaired) electrons. The van der Waals surface area contributed by atoms with Crippen molar-refractivity contribution in [1.29, 1.82) is 0 Å². The zero-order valence-electron chi connectivity index (χ0n) is 17.8. The average molecular weight is 391 g/mol. The van der Waals surface area contributed by atoms with Crippen molar-refractivity contribution in [1.82, 2.24) is 10.2 Å². The molecule has 0 aromatic heterocycles. The van der Waals surface area contributed by atoms with E-state index in [0.717, 1.165) is 44.8 Å². The standard InChI is InChI=1S/C22H34N2O4/c1-21(2,3)16-22(4,5)23-19(25)15-28-20(26)18-8-6-17(7-9-18)14-24-10-12-27-13-11-24/h6-9H,10-16H2,1-5H3,(H,23,25). The lowest BCUT2D eigenvalue weighted by molar-refractivity contribution is -0.126. The van der Waals surface area contributed by atoms with Crippen LogP contribution in [-0.4, -0.2) is 55.2 Å². The number of benzene rings is 1. The second-order valence-corrected chi connectivity index (χ2v) is 9.33. The van der Waals surface area contributed by atoms with Crippen molar-refractivity contribution in [2.75, 3.05) is 32.9 Å². The van der Waals surface area contributed by atoms with Gasteiger partial charge in [0.15, 0.2) is 6.61 Å². The van der Waals surface area contributed by atoms with Gasteiger partial charge in [-0.3, -0.25) is 9.69 Å². The fraction of sp³-hybridized carbons (Fsp3) is 0.636. The first-order valence-corrected chi connectivity index (χ1v) is 9.91. The fourth-order valence-corrected chi connectivity index (χ4v) is 3.76. The van der Waals surface area contributed by atoms with Gasteiger partial charge < -0.3 is 14.8 Å². The van der Waals surface area contributed by atoms with Crippen LogP contribution in [0.5, 0.6) is 0 Å². The summed E-state index contributed by atoms with van der Waals surface area (Å²) in [5, 5.41) is 2.94. The Morgan fingerprint density at radius 2 is 1.68 bits per heavy atom. The molecule has 2 rings (SSSR count). The van der Waals surface area contributed by atoms with Gasteiger partial charge in [0.25, 0.3) is 5.91 Å². The number of carbonyl (C=O) groups is 2. The number of carbonyl (C=O) groups excluding carboxylic acids is 2. The van der Waals surface area contributed by atoms with Gasteiger partial charge >= 0.3 is 5.97 Å². The highest BCUT2D eigenvalue weighted by Gasteiger charge is 2.27. The molecule has 0 bridgehead atoms. The van der Waals surface area contributed by atoms with Gasteiger partial charge in [-0.1, -0.05) is 32.9 Å². The number of nitrogens with one attached hydrogen (secondary N) is 1. The van der Waals surface area contributed by atoms with Crippen LogP contribution in [0.4, 0.5) is 0 Å². The minimum atomic E-state index is -0.485. The molecule has 1 heterocycles. The molecule has 6 nitrogen and oxygen atoms in total. The third-order valence-electron chi connectivity index (χ3n) is 4.48. The first-order valence-electron chi connectivity index (χ1n) is 9.91. The highest BCUT2D eigenvalue weighted by Crippen LogP contribution is 2.26. The number of rotatable bonds is 7. The SMILES string of the molecule is CC(C)(C)CC(C)(C)NC(=O)COC(=O)c1ccc(CN2CCOCC2)cc1. The van der Waals surface area contributed by atoms with Gasteiger partial charge in [0.05, 0.1) is 18.8 Å². The highest BCUT2D eigenvalue weighted by atomic mass is 16.5. The van der Waals surface area contributed by atoms with Crippen LogP contribution in [0.2, 0.25) is 0 Å². The minimum Gasteiger partial charge on any atom is -0.452 e. The monoisotopic (exact) mass is 390 g/mol. The Morgan fingerprint density at radius 3 is 2.25 bits per heavy atom. The first kappa shape index (κ1) is 22.4. The summed E-state index contributed by atoms with van der Waals surface area (Å²) in [5.74, 6) is -0.770. The second-order valence-electron chi connectivity index (χ2n) is 9.33. The summed E-state index contributed by atoms with van der Waals surface area (Å²) in [6, 6.07) is 7.36. The van der Waals surface area contributed by atoms with Crippen molar-refractivity contribution in [2.24, 2.45) is 5.41 Å². The molecule has 0 spiro atoms. The number of hydrogen-bond acceptors (Lipinski definition) is 5. The number of hydrogen-bond donors (Lipinski definition) is 1. The Hall–Kier alpha value is -1.92. The van der Waals surface area contributed by atoms with Crippen LogP contribution in [-0.2, 0) is 20.8 Å². The lowest BCUT2D eigenvalue weighted by Gasteiger charge is -2.33. The molecule has 1 aliphatic rings. The van der Waals surface area contributed by atoms with Crippen LogP contribution in [0.1, 0.15) is 57.0 Å². The molecule has 28 heavy (non-hydrogen) atoms. The van der Waals surface area contributed by atoms with Crippen molar-refractivity contribution in [3.63, 3.8) is 0 Å². The van der Waals surface area contributed by atoms with Crippen LogP contribution in [0.15, 0.2) is 24.3 Å². The molecule has 6 heteroatoms. The van der Waals surface area contributed by atoms with E-state index in [1.807, 2.05) is 26.0 Å². The zero-order valence-corrected chi connectivity index (χ0v) is 17.8. The quantitative estimate of drug-likeness (QED) is 0.725. The first-order chi connectivity index (χ1) is 13.0. The Labute approximate surface area is 168 Å². The molecule has 1 aromatic rings. The molecule has 1 aliphatic heterocycles. The summed E-state index contributed by atoms with van der Waals surface area (Å²) < 4.78 is 10.5. The van der Waals surface area contributed by atoms with Crippen LogP contribution in [0.3, 0.4) is 0 Å². The van der Waals surface area contributed by atoms with Crippen molar-refractivity contribution >= 4 is 11.9 Å². The van der Waals surface area contributed by atoms with E-state index in [4.69, 9.17) is 9.47 Å². The maximum atomic E-state index is 12.2. The maximum absolute atomic E-state index is 12.2. The minimum absolute atomic E-state index is 0.0937. The lowest BCUT2D eigenvalue weighted by Crippen LogP contribution is -2.47. The molecule has 1 fully saturated rings. The Balaban J connectivity index is 1.79. The van der Waals surface area contributed by atoms with E-state index in [1.165, 1.54) is 0 Å². The number of esters is 1. The normalized spacial score (nSPS) is 15.9. The summed E-state index contributed by atoms with van der Waals surface area (Å²) in [5.41, 5.74) is 1.33. The number of nitrogens with zero attached hydrogens (tertiary/aromatic N) is 1. The molecule has 0 unspecified atom stereocenters. The average Bonchev–Trinajstić information content (AvgIpc) is 2.58. The van der Waals surface area contributed by atoms with Gasteiger partial charge in [-0.15, -0.1) is 0 Å². The van der Waals surface area contributed by atoms with Crippen molar-refractivity contribution < 1.29 is 19.1 Å². The van der Waals surface area contributed by atoms with Crippen LogP contribution in [0, 0.1) is 5.41 Å². The number of amides is 1. The van der Waals surface area contributed by atoms with E-state index in [2.05, 4.69) is 31.0 Å². The molecule has 1 saturated heterocycles. The number of morpholine rings is 1. The fourth-order valence-electron chi connectivity index (χ4n) is 3.76. The van der Waals surface area contributed by atoms with Gasteiger partial charge in [-0.25, -0.2) is 4.79 Å². The maximum Gasteiger partial charge on any atom is 0.338 e. The Kier molecular flexibility index (Phi) is 7.61. The molecule has 1 N–H and O–H groups in total. The predicted octanol–water partition coefficient (Wildman–Crippen LogP) is 3.01. The van der Waals surface area contributed by atoms with Crippen molar-refractivity contribution in [3.05, 3.63) is 35.4 Å². The molecule has 1 aromatic carbocycles. The molecule has 1 amide bonds. The van der Waals surface area contributed by atoms with Crippen molar-refractivity contribution in [3.8, 4) is 0 Å². The summed E-state index contributed by atoms with van der Waals surface area (Å²) >= 11 is 0. The summed E-state index contributed by atoms with van der Waals surface area (Å²) in [6.45, 7) is 14.3. The molecular formula is C22H34N2O4. The van der Waals surface area contributed by atoms with Gasteiger partial charge in [-0.2, -0.15) is 0 Å². The van der Waals surface area contributed by atoms with E-state index >= 15 is 0 Å². The van der Waals surface area contributed by atoms with Crippen LogP contribution < -0.4 is 5.32 Å². The molecule has 156 valence electrons. The zero-order chi connectivity index (χ0) is 20.8. The van der Waals surface area contributed by atoms with E-state index in [1.54, 1.807) is 12.1 Å². The predicted molar refractivity (Wildman–Crippen MR) is 109 cm³/mol. The van der Waals surface area contributed by atoms with E-state index < -0.39 is 5.97 Å². The van der Waals surface area contributed by atoms with E-state index in [9.17, 15) is 9.59 Å². The largest absolute Gasteiger partial charge is 0.452 e. The summed E-state index contributed by atoms with van der Waals surface area (Å²) in [4.78, 5) is 26.7. The summed E-state index contributed by atoms with van der Waals surface area (Å²) in [7, 11) is 0. The molecule has 0 aliphatic carbocycles. The second kappa shape index (κ2) is 9.52. The molecule has 0 saturated carbocycles. The van der Waals surface area contributed by atoms with Crippen LogP contribution in [0.25, 0.3) is 0 Å². The topological polar surface area (TPSA) is 67.9 Å². The number of ether oxygens (including phenoxy) is 2. The van der Waals surface area contributed by atoms with Gasteiger partial charge in [0.2, 0.25) is 0 Å². The lowest BCUT2D eigenvalue weighted by atomic mass is 9.82. The smallest absolute Gasteiger partial charge is 0.338 e. The molecular weight excluding hydrogens is 356 g/mol. The van der Waals surface area contributed by atoms with Gasteiger partial charge in [0, 0.05) is 25.2 Å². The Bertz CT molecular complexity index is 656. The third-order valence-corrected chi connectivity index (χ3v) is 4.48.